The van der Waals surface area contributed by atoms with Gasteiger partial charge in [0, 0.05) is 25.7 Å². The summed E-state index contributed by atoms with van der Waals surface area (Å²) in [6, 6.07) is 9.24. The summed E-state index contributed by atoms with van der Waals surface area (Å²) in [5.41, 5.74) is 6.97. The molecule has 6 heteroatoms. The zero-order valence-corrected chi connectivity index (χ0v) is 16.9. The molecule has 0 aromatic heterocycles. The van der Waals surface area contributed by atoms with Crippen molar-refractivity contribution in [1.82, 2.24) is 9.80 Å². The highest BCUT2D eigenvalue weighted by atomic mass is 16.6. The van der Waals surface area contributed by atoms with Gasteiger partial charge in [-0.15, -0.1) is 0 Å². The minimum absolute atomic E-state index is 0.00949. The van der Waals surface area contributed by atoms with E-state index in [0.717, 1.165) is 12.0 Å². The molecule has 0 spiro atoms. The number of hydrogen-bond donors (Lipinski definition) is 1. The van der Waals surface area contributed by atoms with Gasteiger partial charge in [-0.05, 0) is 37.7 Å². The lowest BCUT2D eigenvalue weighted by Crippen LogP contribution is -2.46. The third kappa shape index (κ3) is 5.96. The first-order valence-electron chi connectivity index (χ1n) is 9.81. The Morgan fingerprint density at radius 2 is 1.89 bits per heavy atom. The monoisotopic (exact) mass is 375 g/mol. The minimum atomic E-state index is -0.458. The summed E-state index contributed by atoms with van der Waals surface area (Å²) >= 11 is 0. The fourth-order valence-electron chi connectivity index (χ4n) is 3.25. The maximum Gasteiger partial charge on any atom is 0.410 e. The van der Waals surface area contributed by atoms with Crippen LogP contribution in [0.1, 0.15) is 39.7 Å². The zero-order chi connectivity index (χ0) is 20.0. The van der Waals surface area contributed by atoms with Crippen molar-refractivity contribution in [2.24, 2.45) is 17.6 Å². The van der Waals surface area contributed by atoms with E-state index in [2.05, 4.69) is 0 Å². The van der Waals surface area contributed by atoms with E-state index in [-0.39, 0.29) is 36.5 Å². The van der Waals surface area contributed by atoms with E-state index in [1.807, 2.05) is 62.9 Å². The van der Waals surface area contributed by atoms with Crippen LogP contribution in [0.2, 0.25) is 0 Å². The Kier molecular flexibility index (Phi) is 7.66. The van der Waals surface area contributed by atoms with E-state index >= 15 is 0 Å². The predicted molar refractivity (Wildman–Crippen MR) is 106 cm³/mol. The summed E-state index contributed by atoms with van der Waals surface area (Å²) in [7, 11) is 0. The Balaban J connectivity index is 1.88. The third-order valence-electron chi connectivity index (χ3n) is 5.12. The number of carbonyl (C=O) groups excluding carboxylic acids is 2. The molecular formula is C21H33N3O3. The lowest BCUT2D eigenvalue weighted by molar-refractivity contribution is -0.132. The number of nitrogens with two attached hydrogens (primary N) is 1. The summed E-state index contributed by atoms with van der Waals surface area (Å²) in [6.07, 6.45) is 0.573. The van der Waals surface area contributed by atoms with Crippen molar-refractivity contribution in [2.45, 2.75) is 52.8 Å². The van der Waals surface area contributed by atoms with Crippen LogP contribution in [0.25, 0.3) is 0 Å². The molecule has 1 aromatic carbocycles. The highest BCUT2D eigenvalue weighted by molar-refractivity contribution is 5.82. The van der Waals surface area contributed by atoms with Crippen LogP contribution in [0.4, 0.5) is 4.79 Å². The number of amides is 2. The molecule has 1 aromatic rings. The van der Waals surface area contributed by atoms with Crippen LogP contribution in [0.3, 0.4) is 0 Å². The van der Waals surface area contributed by atoms with Gasteiger partial charge in [-0.3, -0.25) is 4.79 Å². The van der Waals surface area contributed by atoms with Crippen molar-refractivity contribution in [3.05, 3.63) is 35.9 Å². The van der Waals surface area contributed by atoms with Crippen LogP contribution in [-0.4, -0.2) is 53.5 Å². The van der Waals surface area contributed by atoms with Crippen molar-refractivity contribution in [2.75, 3.05) is 19.6 Å². The van der Waals surface area contributed by atoms with Crippen molar-refractivity contribution < 1.29 is 14.3 Å². The molecule has 0 saturated carbocycles. The van der Waals surface area contributed by atoms with E-state index in [4.69, 9.17) is 10.5 Å². The van der Waals surface area contributed by atoms with Crippen LogP contribution in [0, 0.1) is 11.8 Å². The van der Waals surface area contributed by atoms with Crippen LogP contribution >= 0.6 is 0 Å². The first kappa shape index (κ1) is 21.2. The molecule has 1 fully saturated rings. The fraction of sp³-hybridized carbons (Fsp3) is 0.619. The number of likely N-dealkylation sites (tertiary alicyclic amines) is 1. The zero-order valence-electron chi connectivity index (χ0n) is 16.9. The maximum atomic E-state index is 12.6. The largest absolute Gasteiger partial charge is 0.445 e. The van der Waals surface area contributed by atoms with Gasteiger partial charge in [0.05, 0.1) is 6.04 Å². The van der Waals surface area contributed by atoms with Gasteiger partial charge in [0.15, 0.2) is 0 Å². The molecule has 6 nitrogen and oxygen atoms in total. The van der Waals surface area contributed by atoms with Gasteiger partial charge in [0.2, 0.25) is 5.91 Å². The molecule has 1 aliphatic heterocycles. The SMILES string of the molecule is CC(C)[C@H](N)C(=O)N1CC[C@H](CN(C(=O)OCc2ccccc2)C(C)C)C1. The second-order valence-corrected chi connectivity index (χ2v) is 8.00. The molecule has 0 bridgehead atoms. The van der Waals surface area contributed by atoms with E-state index in [1.54, 1.807) is 4.90 Å². The topological polar surface area (TPSA) is 75.9 Å². The molecule has 27 heavy (non-hydrogen) atoms. The van der Waals surface area contributed by atoms with Gasteiger partial charge in [0.25, 0.3) is 0 Å². The predicted octanol–water partition coefficient (Wildman–Crippen LogP) is 2.87. The summed E-state index contributed by atoms with van der Waals surface area (Å²) in [5, 5.41) is 0. The van der Waals surface area contributed by atoms with Crippen molar-refractivity contribution in [1.29, 1.82) is 0 Å². The lowest BCUT2D eigenvalue weighted by Gasteiger charge is -2.29. The van der Waals surface area contributed by atoms with Gasteiger partial charge in [-0.25, -0.2) is 4.79 Å². The Morgan fingerprint density at radius 1 is 1.22 bits per heavy atom. The highest BCUT2D eigenvalue weighted by Crippen LogP contribution is 2.21. The smallest absolute Gasteiger partial charge is 0.410 e. The van der Waals surface area contributed by atoms with Gasteiger partial charge >= 0.3 is 6.09 Å². The Labute approximate surface area is 162 Å². The molecule has 0 aliphatic carbocycles. The molecule has 150 valence electrons. The number of rotatable bonds is 7. The average molecular weight is 376 g/mol. The molecule has 0 radical (unpaired) electrons. The van der Waals surface area contributed by atoms with Gasteiger partial charge in [-0.2, -0.15) is 0 Å². The Morgan fingerprint density at radius 3 is 2.48 bits per heavy atom. The molecule has 2 N–H and O–H groups in total. The number of ether oxygens (including phenoxy) is 1. The van der Waals surface area contributed by atoms with E-state index < -0.39 is 6.04 Å². The van der Waals surface area contributed by atoms with Crippen LogP contribution in [0.15, 0.2) is 30.3 Å². The second kappa shape index (κ2) is 9.74. The van der Waals surface area contributed by atoms with E-state index in [9.17, 15) is 9.59 Å². The van der Waals surface area contributed by atoms with Crippen molar-refractivity contribution in [3.8, 4) is 0 Å². The average Bonchev–Trinajstić information content (AvgIpc) is 3.12. The fourth-order valence-corrected chi connectivity index (χ4v) is 3.25. The van der Waals surface area contributed by atoms with Gasteiger partial charge < -0.3 is 20.3 Å². The van der Waals surface area contributed by atoms with Crippen LogP contribution < -0.4 is 5.73 Å². The van der Waals surface area contributed by atoms with Gasteiger partial charge in [0.1, 0.15) is 6.61 Å². The molecule has 2 rings (SSSR count). The number of nitrogens with zero attached hydrogens (tertiary/aromatic N) is 2. The molecule has 1 aliphatic rings. The normalized spacial score (nSPS) is 18.0. The number of hydrogen-bond acceptors (Lipinski definition) is 4. The highest BCUT2D eigenvalue weighted by Gasteiger charge is 2.33. The first-order chi connectivity index (χ1) is 12.8. The first-order valence-corrected chi connectivity index (χ1v) is 9.81. The van der Waals surface area contributed by atoms with E-state index in [1.165, 1.54) is 0 Å². The summed E-state index contributed by atoms with van der Waals surface area (Å²) < 4.78 is 5.49. The maximum absolute atomic E-state index is 12.6. The van der Waals surface area contributed by atoms with Gasteiger partial charge in [-0.1, -0.05) is 44.2 Å². The molecule has 1 saturated heterocycles. The quantitative estimate of drug-likeness (QED) is 0.795. The lowest BCUT2D eigenvalue weighted by atomic mass is 10.0. The van der Waals surface area contributed by atoms with Crippen LogP contribution in [0.5, 0.6) is 0 Å². The molecule has 1 heterocycles. The molecule has 0 unspecified atom stereocenters. The Hall–Kier alpha value is -2.08. The summed E-state index contributed by atoms with van der Waals surface area (Å²) in [6.45, 7) is 10.1. The van der Waals surface area contributed by atoms with E-state index in [0.29, 0.717) is 19.6 Å². The molecular weight excluding hydrogens is 342 g/mol. The third-order valence-corrected chi connectivity index (χ3v) is 5.12. The number of benzene rings is 1. The Bertz CT molecular complexity index is 618. The number of carbonyl (C=O) groups is 2. The summed E-state index contributed by atoms with van der Waals surface area (Å²) in [5.74, 6) is 0.381. The summed E-state index contributed by atoms with van der Waals surface area (Å²) in [4.78, 5) is 28.6. The molecule has 2 amide bonds. The molecule has 2 atom stereocenters. The van der Waals surface area contributed by atoms with Crippen molar-refractivity contribution >= 4 is 12.0 Å². The minimum Gasteiger partial charge on any atom is -0.445 e. The van der Waals surface area contributed by atoms with Crippen molar-refractivity contribution in [3.63, 3.8) is 0 Å². The van der Waals surface area contributed by atoms with Crippen LogP contribution in [-0.2, 0) is 16.1 Å². The standard InChI is InChI=1S/C21H33N3O3/c1-15(2)19(22)20(25)23-11-10-18(12-23)13-24(16(3)4)21(26)27-14-17-8-6-5-7-9-17/h5-9,15-16,18-19H,10-14,22H2,1-4H3/t18-,19-/m0/s1. The second-order valence-electron chi connectivity index (χ2n) is 8.00.